The van der Waals surface area contributed by atoms with Gasteiger partial charge in [0.25, 0.3) is 0 Å². The molecule has 6 nitrogen and oxygen atoms in total. The Bertz CT molecular complexity index is 788. The first-order valence-electron chi connectivity index (χ1n) is 10.2. The molecule has 0 aliphatic carbocycles. The molecular formula is C22H30N4O2. The maximum atomic E-state index is 12.8. The van der Waals surface area contributed by atoms with Crippen LogP contribution in [0, 0.1) is 10.8 Å². The molecule has 28 heavy (non-hydrogen) atoms. The van der Waals surface area contributed by atoms with Crippen molar-refractivity contribution in [3.63, 3.8) is 0 Å². The number of benzene rings is 1. The first kappa shape index (κ1) is 19.1. The summed E-state index contributed by atoms with van der Waals surface area (Å²) in [6, 6.07) is 9.95. The topological polar surface area (TPSA) is 56.2 Å². The van der Waals surface area contributed by atoms with Crippen LogP contribution in [-0.2, 0) is 9.59 Å². The van der Waals surface area contributed by atoms with E-state index in [1.54, 1.807) is 0 Å². The van der Waals surface area contributed by atoms with Gasteiger partial charge in [-0.25, -0.2) is 5.01 Å². The Morgan fingerprint density at radius 3 is 2.21 bits per heavy atom. The van der Waals surface area contributed by atoms with Gasteiger partial charge in [-0.1, -0.05) is 44.2 Å². The summed E-state index contributed by atoms with van der Waals surface area (Å²) >= 11 is 0. The van der Waals surface area contributed by atoms with Crippen molar-refractivity contribution < 1.29 is 9.59 Å². The lowest BCUT2D eigenvalue weighted by molar-refractivity contribution is -0.136. The maximum absolute atomic E-state index is 12.8. The van der Waals surface area contributed by atoms with Gasteiger partial charge in [0.15, 0.2) is 0 Å². The fourth-order valence-corrected chi connectivity index (χ4v) is 5.16. The summed E-state index contributed by atoms with van der Waals surface area (Å²) in [5, 5.41) is 6.01. The normalized spacial score (nSPS) is 29.9. The van der Waals surface area contributed by atoms with Crippen LogP contribution in [0.3, 0.4) is 0 Å². The largest absolute Gasteiger partial charge is 0.341 e. The molecular weight excluding hydrogens is 352 g/mol. The molecule has 0 N–H and O–H groups in total. The minimum absolute atomic E-state index is 0.0594. The second kappa shape index (κ2) is 6.99. The average molecular weight is 383 g/mol. The number of rotatable bonds is 4. The lowest BCUT2D eigenvalue weighted by atomic mass is 9.71. The predicted octanol–water partition coefficient (Wildman–Crippen LogP) is 2.20. The number of fused-ring (bicyclic) bond motifs is 1. The molecule has 0 spiro atoms. The highest BCUT2D eigenvalue weighted by atomic mass is 16.2. The van der Waals surface area contributed by atoms with E-state index in [4.69, 9.17) is 0 Å². The van der Waals surface area contributed by atoms with Crippen molar-refractivity contribution in [3.8, 4) is 0 Å². The van der Waals surface area contributed by atoms with Crippen LogP contribution in [0.15, 0.2) is 35.4 Å². The third-order valence-corrected chi connectivity index (χ3v) is 6.88. The molecule has 2 atom stereocenters. The maximum Gasteiger partial charge on any atom is 0.243 e. The van der Waals surface area contributed by atoms with Crippen LogP contribution < -0.4 is 0 Å². The second-order valence-electron chi connectivity index (χ2n) is 9.22. The van der Waals surface area contributed by atoms with Crippen molar-refractivity contribution in [2.24, 2.45) is 15.9 Å². The van der Waals surface area contributed by atoms with E-state index in [0.717, 1.165) is 43.9 Å². The van der Waals surface area contributed by atoms with Crippen LogP contribution in [0.1, 0.15) is 38.7 Å². The van der Waals surface area contributed by atoms with Crippen molar-refractivity contribution in [2.75, 3.05) is 39.8 Å². The molecule has 2 fully saturated rings. The number of hydrazone groups is 1. The minimum atomic E-state index is -0.0594. The number of amides is 2. The van der Waals surface area contributed by atoms with Gasteiger partial charge in [-0.2, -0.15) is 5.10 Å². The third-order valence-electron chi connectivity index (χ3n) is 6.88. The van der Waals surface area contributed by atoms with Crippen molar-refractivity contribution in [1.29, 1.82) is 0 Å². The number of nitrogens with zero attached hydrogens (tertiary/aromatic N) is 4. The summed E-state index contributed by atoms with van der Waals surface area (Å²) in [6.07, 6.45) is 1.27. The molecule has 0 saturated carbocycles. The SMILES string of the molecule is CN1CC2(C)CN(C(=O)CCC(=O)N3CCC(c4ccccc4)=N3)CC2(C)C1. The van der Waals surface area contributed by atoms with E-state index in [2.05, 4.69) is 30.9 Å². The molecule has 1 aromatic carbocycles. The Morgan fingerprint density at radius 1 is 0.964 bits per heavy atom. The van der Waals surface area contributed by atoms with Crippen LogP contribution in [0.5, 0.6) is 0 Å². The van der Waals surface area contributed by atoms with Gasteiger partial charge in [0, 0.05) is 56.3 Å². The fourth-order valence-electron chi connectivity index (χ4n) is 5.16. The quantitative estimate of drug-likeness (QED) is 0.802. The molecule has 0 bridgehead atoms. The molecule has 0 radical (unpaired) electrons. The smallest absolute Gasteiger partial charge is 0.243 e. The summed E-state index contributed by atoms with van der Waals surface area (Å²) in [5.41, 5.74) is 2.29. The Hall–Kier alpha value is -2.21. The summed E-state index contributed by atoms with van der Waals surface area (Å²) in [4.78, 5) is 29.6. The minimum Gasteiger partial charge on any atom is -0.341 e. The molecule has 150 valence electrons. The van der Waals surface area contributed by atoms with Crippen molar-refractivity contribution in [3.05, 3.63) is 35.9 Å². The predicted molar refractivity (Wildman–Crippen MR) is 109 cm³/mol. The summed E-state index contributed by atoms with van der Waals surface area (Å²) < 4.78 is 0. The van der Waals surface area contributed by atoms with Gasteiger partial charge in [0.05, 0.1) is 12.3 Å². The number of carbonyl (C=O) groups excluding carboxylic acids is 2. The van der Waals surface area contributed by atoms with Gasteiger partial charge < -0.3 is 9.80 Å². The molecule has 3 aliphatic heterocycles. The molecule has 0 aromatic heterocycles. The zero-order chi connectivity index (χ0) is 19.9. The highest BCUT2D eigenvalue weighted by Crippen LogP contribution is 2.51. The Morgan fingerprint density at radius 2 is 1.57 bits per heavy atom. The molecule has 4 rings (SSSR count). The molecule has 3 heterocycles. The van der Waals surface area contributed by atoms with E-state index >= 15 is 0 Å². The van der Waals surface area contributed by atoms with Crippen LogP contribution in [0.25, 0.3) is 0 Å². The standard InChI is InChI=1S/C22H30N4O2/c1-21-13-24(3)14-22(21,2)16-25(15-21)19(27)9-10-20(28)26-12-11-18(23-26)17-7-5-4-6-8-17/h4-8H,9-16H2,1-3H3. The van der Waals surface area contributed by atoms with E-state index in [1.165, 1.54) is 5.01 Å². The average Bonchev–Trinajstić information content (AvgIpc) is 3.29. The first-order chi connectivity index (χ1) is 13.3. The number of likely N-dealkylation sites (tertiary alicyclic amines) is 2. The third kappa shape index (κ3) is 3.34. The lowest BCUT2D eigenvalue weighted by Gasteiger charge is -2.30. The summed E-state index contributed by atoms with van der Waals surface area (Å²) in [6.45, 7) is 8.82. The first-order valence-corrected chi connectivity index (χ1v) is 10.2. The van der Waals surface area contributed by atoms with Gasteiger partial charge >= 0.3 is 0 Å². The van der Waals surface area contributed by atoms with E-state index in [-0.39, 0.29) is 35.5 Å². The van der Waals surface area contributed by atoms with E-state index < -0.39 is 0 Å². The molecule has 3 aliphatic rings. The van der Waals surface area contributed by atoms with E-state index in [9.17, 15) is 9.59 Å². The van der Waals surface area contributed by atoms with Gasteiger partial charge in [-0.05, 0) is 12.6 Å². The molecule has 2 amide bonds. The zero-order valence-electron chi connectivity index (χ0n) is 17.1. The number of hydrogen-bond donors (Lipinski definition) is 0. The Balaban J connectivity index is 1.31. The molecule has 1 aromatic rings. The second-order valence-corrected chi connectivity index (χ2v) is 9.22. The van der Waals surface area contributed by atoms with Crippen LogP contribution >= 0.6 is 0 Å². The van der Waals surface area contributed by atoms with Gasteiger partial charge in [-0.15, -0.1) is 0 Å². The highest BCUT2D eigenvalue weighted by molar-refractivity contribution is 6.02. The van der Waals surface area contributed by atoms with Crippen molar-refractivity contribution in [1.82, 2.24) is 14.8 Å². The van der Waals surface area contributed by atoms with Crippen molar-refractivity contribution in [2.45, 2.75) is 33.1 Å². The van der Waals surface area contributed by atoms with Gasteiger partial charge in [-0.3, -0.25) is 9.59 Å². The van der Waals surface area contributed by atoms with Crippen LogP contribution in [-0.4, -0.2) is 72.1 Å². The zero-order valence-corrected chi connectivity index (χ0v) is 17.1. The van der Waals surface area contributed by atoms with Gasteiger partial charge in [0.2, 0.25) is 11.8 Å². The van der Waals surface area contributed by atoms with E-state index in [0.29, 0.717) is 6.54 Å². The molecule has 6 heteroatoms. The summed E-state index contributed by atoms with van der Waals surface area (Å²) in [5.74, 6) is 0.0372. The fraction of sp³-hybridized carbons (Fsp3) is 0.591. The highest BCUT2D eigenvalue weighted by Gasteiger charge is 2.57. The Labute approximate surface area is 167 Å². The lowest BCUT2D eigenvalue weighted by Crippen LogP contribution is -2.35. The Kier molecular flexibility index (Phi) is 4.78. The van der Waals surface area contributed by atoms with Crippen LogP contribution in [0.4, 0.5) is 0 Å². The summed E-state index contributed by atoms with van der Waals surface area (Å²) in [7, 11) is 2.15. The van der Waals surface area contributed by atoms with E-state index in [1.807, 2.05) is 35.2 Å². The molecule has 2 unspecified atom stereocenters. The van der Waals surface area contributed by atoms with Gasteiger partial charge in [0.1, 0.15) is 0 Å². The van der Waals surface area contributed by atoms with Crippen molar-refractivity contribution >= 4 is 17.5 Å². The molecule has 2 saturated heterocycles. The number of carbonyl (C=O) groups is 2. The number of hydrogen-bond acceptors (Lipinski definition) is 4. The van der Waals surface area contributed by atoms with Crippen LogP contribution in [0.2, 0.25) is 0 Å². The monoisotopic (exact) mass is 382 g/mol.